The second-order valence-electron chi connectivity index (χ2n) is 8.44. The molecular formula is C28H20Cl2N2O6S2. The fourth-order valence-corrected chi connectivity index (χ4v) is 6.68. The van der Waals surface area contributed by atoms with Gasteiger partial charge in [-0.15, -0.1) is 11.3 Å². The minimum atomic E-state index is -1.17. The number of carbonyl (C=O) groups is 2. The third-order valence-corrected chi connectivity index (χ3v) is 8.31. The van der Waals surface area contributed by atoms with E-state index in [-0.39, 0.29) is 33.5 Å². The lowest BCUT2D eigenvalue weighted by atomic mass is 9.97. The molecule has 0 radical (unpaired) electrons. The van der Waals surface area contributed by atoms with Crippen LogP contribution in [0.2, 0.25) is 10.0 Å². The van der Waals surface area contributed by atoms with Crippen LogP contribution in [0.3, 0.4) is 0 Å². The molecule has 0 bridgehead atoms. The number of halogens is 2. The summed E-state index contributed by atoms with van der Waals surface area (Å²) in [4.78, 5) is 44.1. The molecule has 40 heavy (non-hydrogen) atoms. The van der Waals surface area contributed by atoms with Crippen LogP contribution in [0, 0.1) is 0 Å². The van der Waals surface area contributed by atoms with E-state index in [1.807, 2.05) is 47.8 Å². The number of nitrogens with zero attached hydrogens (tertiary/aromatic N) is 2. The van der Waals surface area contributed by atoms with Gasteiger partial charge in [0.05, 0.1) is 32.5 Å². The zero-order valence-corrected chi connectivity index (χ0v) is 23.9. The molecule has 3 heterocycles. The summed E-state index contributed by atoms with van der Waals surface area (Å²) in [6, 6.07) is 15.3. The average molecular weight is 616 g/mol. The number of carboxylic acids is 1. The molecule has 0 saturated carbocycles. The van der Waals surface area contributed by atoms with Gasteiger partial charge in [-0.3, -0.25) is 9.36 Å². The molecule has 0 fully saturated rings. The van der Waals surface area contributed by atoms with Crippen molar-refractivity contribution in [2.45, 2.75) is 13.0 Å². The van der Waals surface area contributed by atoms with E-state index >= 15 is 0 Å². The Labute approximate surface area is 245 Å². The number of thiophene rings is 1. The molecule has 1 aliphatic rings. The second kappa shape index (κ2) is 11.8. The zero-order chi connectivity index (χ0) is 28.4. The number of hydrogen-bond acceptors (Lipinski definition) is 8. The van der Waals surface area contributed by atoms with Crippen molar-refractivity contribution in [3.05, 3.63) is 111 Å². The summed E-state index contributed by atoms with van der Waals surface area (Å²) in [6.45, 7) is 1.29. The Hall–Kier alpha value is -3.70. The number of esters is 1. The van der Waals surface area contributed by atoms with Gasteiger partial charge >= 0.3 is 11.9 Å². The largest absolute Gasteiger partial charge is 0.479 e. The van der Waals surface area contributed by atoms with Crippen molar-refractivity contribution in [1.82, 2.24) is 4.57 Å². The van der Waals surface area contributed by atoms with Crippen LogP contribution in [0.25, 0.3) is 11.8 Å². The molecule has 0 saturated heterocycles. The maximum absolute atomic E-state index is 13.9. The summed E-state index contributed by atoms with van der Waals surface area (Å²) < 4.78 is 12.5. The van der Waals surface area contributed by atoms with E-state index in [4.69, 9.17) is 42.8 Å². The van der Waals surface area contributed by atoms with Crippen molar-refractivity contribution in [3.8, 4) is 5.75 Å². The number of aromatic nitrogens is 1. The van der Waals surface area contributed by atoms with Gasteiger partial charge in [-0.1, -0.05) is 70.9 Å². The van der Waals surface area contributed by atoms with E-state index in [1.54, 1.807) is 13.0 Å². The maximum Gasteiger partial charge on any atom is 0.341 e. The summed E-state index contributed by atoms with van der Waals surface area (Å²) >= 11 is 15.2. The number of hydrogen-bond donors (Lipinski definition) is 1. The van der Waals surface area contributed by atoms with Crippen LogP contribution < -0.4 is 19.6 Å². The summed E-state index contributed by atoms with van der Waals surface area (Å²) in [6.07, 6.45) is 1.62. The highest BCUT2D eigenvalue weighted by atomic mass is 35.5. The third-order valence-electron chi connectivity index (χ3n) is 5.84. The monoisotopic (exact) mass is 614 g/mol. The van der Waals surface area contributed by atoms with Crippen molar-refractivity contribution in [1.29, 1.82) is 0 Å². The minimum absolute atomic E-state index is 0.0358. The van der Waals surface area contributed by atoms with Crippen LogP contribution in [-0.4, -0.2) is 34.8 Å². The Morgan fingerprint density at radius 1 is 1.12 bits per heavy atom. The Morgan fingerprint density at radius 3 is 2.48 bits per heavy atom. The lowest BCUT2D eigenvalue weighted by molar-refractivity contribution is -0.140. The van der Waals surface area contributed by atoms with Crippen molar-refractivity contribution < 1.29 is 24.2 Å². The molecule has 0 spiro atoms. The predicted octanol–water partition coefficient (Wildman–Crippen LogP) is 4.77. The highest BCUT2D eigenvalue weighted by Gasteiger charge is 2.35. The second-order valence-corrected chi connectivity index (χ2v) is 11.2. The Balaban J connectivity index is 1.71. The van der Waals surface area contributed by atoms with Crippen molar-refractivity contribution in [2.24, 2.45) is 4.99 Å². The average Bonchev–Trinajstić information content (AvgIpc) is 3.56. The Kier molecular flexibility index (Phi) is 8.22. The highest BCUT2D eigenvalue weighted by Crippen LogP contribution is 2.37. The van der Waals surface area contributed by atoms with E-state index in [2.05, 4.69) is 0 Å². The third kappa shape index (κ3) is 5.48. The number of thiazole rings is 1. The molecule has 5 rings (SSSR count). The Morgan fingerprint density at radius 2 is 1.85 bits per heavy atom. The molecule has 0 amide bonds. The van der Waals surface area contributed by atoms with Crippen LogP contribution in [0.1, 0.15) is 29.0 Å². The maximum atomic E-state index is 13.9. The molecule has 4 aromatic rings. The SMILES string of the molecule is CCOC(=O)C1=C(c2ccccc2)N=c2s/c(=C\c3cc(Cl)c(OCC(=O)O)c(Cl)c3)c(=O)n2[C@H]1c1cccs1. The zero-order valence-electron chi connectivity index (χ0n) is 20.8. The topological polar surface area (TPSA) is 107 Å². The first-order valence-corrected chi connectivity index (χ1v) is 14.4. The van der Waals surface area contributed by atoms with E-state index < -0.39 is 24.6 Å². The van der Waals surface area contributed by atoms with Gasteiger partial charge < -0.3 is 14.6 Å². The summed E-state index contributed by atoms with van der Waals surface area (Å²) in [5, 5.41) is 11.0. The quantitative estimate of drug-likeness (QED) is 0.287. The molecule has 0 aliphatic carbocycles. The number of aliphatic carboxylic acids is 1. The fourth-order valence-electron chi connectivity index (χ4n) is 4.24. The lowest BCUT2D eigenvalue weighted by Gasteiger charge is -2.24. The molecule has 1 atom stereocenters. The minimum Gasteiger partial charge on any atom is -0.479 e. The first-order chi connectivity index (χ1) is 19.3. The van der Waals surface area contributed by atoms with Crippen LogP contribution >= 0.6 is 45.9 Å². The van der Waals surface area contributed by atoms with Crippen molar-refractivity contribution >= 4 is 69.6 Å². The molecule has 2 aromatic carbocycles. The Bertz CT molecular complexity index is 1790. The van der Waals surface area contributed by atoms with Gasteiger partial charge in [0, 0.05) is 10.4 Å². The molecule has 2 aromatic heterocycles. The van der Waals surface area contributed by atoms with E-state index in [1.165, 1.54) is 28.0 Å². The van der Waals surface area contributed by atoms with Gasteiger partial charge in [0.1, 0.15) is 6.04 Å². The molecule has 1 N–H and O–H groups in total. The van der Waals surface area contributed by atoms with Crippen LogP contribution in [0.5, 0.6) is 5.75 Å². The summed E-state index contributed by atoms with van der Waals surface area (Å²) in [5.41, 5.74) is 1.59. The molecular weight excluding hydrogens is 595 g/mol. The van der Waals surface area contributed by atoms with E-state index in [0.29, 0.717) is 20.6 Å². The summed E-state index contributed by atoms with van der Waals surface area (Å²) in [7, 11) is 0. The number of rotatable bonds is 8. The normalized spacial score (nSPS) is 15.0. The number of benzene rings is 2. The summed E-state index contributed by atoms with van der Waals surface area (Å²) in [5.74, 6) is -1.68. The highest BCUT2D eigenvalue weighted by molar-refractivity contribution is 7.10. The van der Waals surface area contributed by atoms with Gasteiger partial charge in [-0.25, -0.2) is 14.6 Å². The first-order valence-electron chi connectivity index (χ1n) is 11.9. The molecule has 204 valence electrons. The van der Waals surface area contributed by atoms with Gasteiger partial charge in [0.25, 0.3) is 5.56 Å². The fraction of sp³-hybridized carbons (Fsp3) is 0.143. The van der Waals surface area contributed by atoms with E-state index in [9.17, 15) is 14.4 Å². The smallest absolute Gasteiger partial charge is 0.341 e. The van der Waals surface area contributed by atoms with Gasteiger partial charge in [-0.05, 0) is 42.1 Å². The first kappa shape index (κ1) is 27.9. The van der Waals surface area contributed by atoms with E-state index in [0.717, 1.165) is 21.8 Å². The van der Waals surface area contributed by atoms with Crippen LogP contribution in [0.15, 0.2) is 75.3 Å². The number of carboxylic acid groups (broad SMARTS) is 1. The van der Waals surface area contributed by atoms with Gasteiger partial charge in [-0.2, -0.15) is 0 Å². The van der Waals surface area contributed by atoms with Crippen molar-refractivity contribution in [2.75, 3.05) is 13.2 Å². The number of fused-ring (bicyclic) bond motifs is 1. The standard InChI is InChI=1S/C28H20Cl2N2O6S2/c1-2-37-27(36)22-23(16-7-4-3-5-8-16)31-28-32(24(22)19-9-6-10-39-19)26(35)20(40-28)13-15-11-17(29)25(18(30)12-15)38-14-21(33)34/h3-13,24H,2,14H2,1H3,(H,33,34)/b20-13-/t24-/m0/s1. The lowest BCUT2D eigenvalue weighted by Crippen LogP contribution is -2.39. The van der Waals surface area contributed by atoms with Crippen molar-refractivity contribution in [3.63, 3.8) is 0 Å². The molecule has 8 nitrogen and oxygen atoms in total. The number of ether oxygens (including phenoxy) is 2. The molecule has 1 aliphatic heterocycles. The van der Waals surface area contributed by atoms with Gasteiger partial charge in [0.2, 0.25) is 0 Å². The van der Waals surface area contributed by atoms with Crippen LogP contribution in [0.4, 0.5) is 0 Å². The molecule has 0 unspecified atom stereocenters. The number of carbonyl (C=O) groups excluding carboxylic acids is 1. The predicted molar refractivity (Wildman–Crippen MR) is 155 cm³/mol. The van der Waals surface area contributed by atoms with Gasteiger partial charge in [0.15, 0.2) is 17.2 Å². The van der Waals surface area contributed by atoms with Crippen LogP contribution in [-0.2, 0) is 14.3 Å². The molecule has 12 heteroatoms.